The lowest BCUT2D eigenvalue weighted by Gasteiger charge is -2.33. The van der Waals surface area contributed by atoms with Crippen molar-refractivity contribution in [1.29, 1.82) is 0 Å². The minimum atomic E-state index is -0.490. The molecule has 2 atom stereocenters. The van der Waals surface area contributed by atoms with Crippen LogP contribution in [0.5, 0.6) is 0 Å². The zero-order valence-electron chi connectivity index (χ0n) is 14.8. The van der Waals surface area contributed by atoms with E-state index in [-0.39, 0.29) is 12.1 Å². The number of carbonyl (C=O) groups excluding carboxylic acids is 1. The summed E-state index contributed by atoms with van der Waals surface area (Å²) in [5.41, 5.74) is 1.73. The van der Waals surface area contributed by atoms with Crippen LogP contribution in [0.15, 0.2) is 24.3 Å². The van der Waals surface area contributed by atoms with E-state index in [2.05, 4.69) is 29.3 Å². The smallest absolute Gasteiger partial charge is 0.408 e. The number of nitrogens with zero attached hydrogens (tertiary/aromatic N) is 1. The number of nitrogens with one attached hydrogen (secondary N) is 1. The molecular formula is C18H28N2O3. The molecule has 1 aliphatic heterocycles. The number of benzene rings is 1. The molecule has 128 valence electrons. The Hall–Kier alpha value is -1.75. The van der Waals surface area contributed by atoms with Gasteiger partial charge in [0.25, 0.3) is 0 Å². The SMILES string of the molecule is CC1CN(c2cccc(C(C)NC(=O)OC(C)(C)C)c2)CCO1. The van der Waals surface area contributed by atoms with Crippen LogP contribution >= 0.6 is 0 Å². The van der Waals surface area contributed by atoms with E-state index in [0.717, 1.165) is 30.9 Å². The molecule has 0 bridgehead atoms. The molecule has 2 unspecified atom stereocenters. The van der Waals surface area contributed by atoms with Gasteiger partial charge in [0.1, 0.15) is 5.60 Å². The van der Waals surface area contributed by atoms with Crippen LogP contribution in [0.2, 0.25) is 0 Å². The van der Waals surface area contributed by atoms with Crippen LogP contribution in [-0.2, 0) is 9.47 Å². The maximum absolute atomic E-state index is 11.9. The Morgan fingerprint density at radius 1 is 1.43 bits per heavy atom. The van der Waals surface area contributed by atoms with Crippen LogP contribution in [0.3, 0.4) is 0 Å². The molecule has 0 radical (unpaired) electrons. The number of morpholine rings is 1. The second kappa shape index (κ2) is 7.21. The van der Waals surface area contributed by atoms with Gasteiger partial charge in [-0.1, -0.05) is 12.1 Å². The molecule has 23 heavy (non-hydrogen) atoms. The van der Waals surface area contributed by atoms with Crippen LogP contribution in [0.1, 0.15) is 46.2 Å². The highest BCUT2D eigenvalue weighted by atomic mass is 16.6. The number of amides is 1. The standard InChI is InChI=1S/C18H28N2O3/c1-13-12-20(9-10-22-13)16-8-6-7-15(11-16)14(2)19-17(21)23-18(3,4)5/h6-8,11,13-14H,9-10,12H2,1-5H3,(H,19,21). The molecule has 0 spiro atoms. The highest BCUT2D eigenvalue weighted by molar-refractivity contribution is 5.68. The molecule has 5 nitrogen and oxygen atoms in total. The summed E-state index contributed by atoms with van der Waals surface area (Å²) in [7, 11) is 0. The van der Waals surface area contributed by atoms with Crippen molar-refractivity contribution < 1.29 is 14.3 Å². The first-order chi connectivity index (χ1) is 10.7. The molecule has 0 aromatic heterocycles. The van der Waals surface area contributed by atoms with Crippen LogP contribution < -0.4 is 10.2 Å². The average Bonchev–Trinajstić information content (AvgIpc) is 2.45. The minimum Gasteiger partial charge on any atom is -0.444 e. The van der Waals surface area contributed by atoms with Crippen molar-refractivity contribution in [3.63, 3.8) is 0 Å². The van der Waals surface area contributed by atoms with E-state index < -0.39 is 11.7 Å². The Morgan fingerprint density at radius 3 is 2.83 bits per heavy atom. The van der Waals surface area contributed by atoms with Crippen molar-refractivity contribution in [2.75, 3.05) is 24.6 Å². The van der Waals surface area contributed by atoms with Gasteiger partial charge in [0.15, 0.2) is 0 Å². The Kier molecular flexibility index (Phi) is 5.52. The fourth-order valence-corrected chi connectivity index (χ4v) is 2.61. The van der Waals surface area contributed by atoms with E-state index in [1.165, 1.54) is 0 Å². The maximum atomic E-state index is 11.9. The lowest BCUT2D eigenvalue weighted by Crippen LogP contribution is -2.41. The molecule has 1 aromatic carbocycles. The van der Waals surface area contributed by atoms with Crippen molar-refractivity contribution in [3.05, 3.63) is 29.8 Å². The second-order valence-electron chi connectivity index (χ2n) is 7.09. The number of ether oxygens (including phenoxy) is 2. The molecular weight excluding hydrogens is 292 g/mol. The van der Waals surface area contributed by atoms with Crippen LogP contribution in [0.4, 0.5) is 10.5 Å². The summed E-state index contributed by atoms with van der Waals surface area (Å²) in [4.78, 5) is 14.2. The maximum Gasteiger partial charge on any atom is 0.408 e. The summed E-state index contributed by atoms with van der Waals surface area (Å²) >= 11 is 0. The van der Waals surface area contributed by atoms with Crippen molar-refractivity contribution in [2.45, 2.75) is 52.4 Å². The summed E-state index contributed by atoms with van der Waals surface area (Å²) in [6.45, 7) is 12.1. The summed E-state index contributed by atoms with van der Waals surface area (Å²) in [5, 5.41) is 2.89. The molecule has 5 heteroatoms. The highest BCUT2D eigenvalue weighted by Crippen LogP contribution is 2.23. The summed E-state index contributed by atoms with van der Waals surface area (Å²) in [6, 6.07) is 8.17. The van der Waals surface area contributed by atoms with Crippen LogP contribution in [-0.4, -0.2) is 37.5 Å². The van der Waals surface area contributed by atoms with Crippen LogP contribution in [0.25, 0.3) is 0 Å². The van der Waals surface area contributed by atoms with Gasteiger partial charge in [-0.05, 0) is 52.3 Å². The Balaban J connectivity index is 2.02. The Morgan fingerprint density at radius 2 is 2.17 bits per heavy atom. The molecule has 1 fully saturated rings. The fraction of sp³-hybridized carbons (Fsp3) is 0.611. The number of hydrogen-bond acceptors (Lipinski definition) is 4. The molecule has 1 N–H and O–H groups in total. The largest absolute Gasteiger partial charge is 0.444 e. The quantitative estimate of drug-likeness (QED) is 0.926. The molecule has 1 aromatic rings. The molecule has 1 heterocycles. The Bertz CT molecular complexity index is 539. The molecule has 0 aliphatic carbocycles. The van der Waals surface area contributed by atoms with Gasteiger partial charge in [-0.25, -0.2) is 4.79 Å². The minimum absolute atomic E-state index is 0.108. The van der Waals surface area contributed by atoms with Crippen molar-refractivity contribution >= 4 is 11.8 Å². The average molecular weight is 320 g/mol. The van der Waals surface area contributed by atoms with E-state index in [1.54, 1.807) is 0 Å². The predicted octanol–water partition coefficient (Wildman–Crippen LogP) is 3.50. The number of anilines is 1. The van der Waals surface area contributed by atoms with Crippen molar-refractivity contribution in [1.82, 2.24) is 5.32 Å². The number of alkyl carbamates (subject to hydrolysis) is 1. The monoisotopic (exact) mass is 320 g/mol. The fourth-order valence-electron chi connectivity index (χ4n) is 2.61. The van der Waals surface area contributed by atoms with E-state index in [0.29, 0.717) is 0 Å². The molecule has 0 saturated carbocycles. The molecule has 1 aliphatic rings. The van der Waals surface area contributed by atoms with Gasteiger partial charge in [0, 0.05) is 18.8 Å². The predicted molar refractivity (Wildman–Crippen MR) is 91.9 cm³/mol. The third-order valence-electron chi connectivity index (χ3n) is 3.71. The van der Waals surface area contributed by atoms with E-state index in [4.69, 9.17) is 9.47 Å². The van der Waals surface area contributed by atoms with E-state index in [1.807, 2.05) is 39.8 Å². The third kappa shape index (κ3) is 5.43. The third-order valence-corrected chi connectivity index (χ3v) is 3.71. The topological polar surface area (TPSA) is 50.8 Å². The molecule has 1 amide bonds. The summed E-state index contributed by atoms with van der Waals surface area (Å²) in [5.74, 6) is 0. The Labute approximate surface area is 139 Å². The zero-order chi connectivity index (χ0) is 17.0. The first-order valence-corrected chi connectivity index (χ1v) is 8.20. The number of hydrogen-bond donors (Lipinski definition) is 1. The van der Waals surface area contributed by atoms with E-state index >= 15 is 0 Å². The van der Waals surface area contributed by atoms with Gasteiger partial charge in [-0.15, -0.1) is 0 Å². The van der Waals surface area contributed by atoms with Crippen LogP contribution in [0, 0.1) is 0 Å². The first-order valence-electron chi connectivity index (χ1n) is 8.20. The van der Waals surface area contributed by atoms with Gasteiger partial charge in [0.2, 0.25) is 0 Å². The second-order valence-corrected chi connectivity index (χ2v) is 7.09. The number of carbonyl (C=O) groups is 1. The van der Waals surface area contributed by atoms with Gasteiger partial charge in [-0.2, -0.15) is 0 Å². The lowest BCUT2D eigenvalue weighted by molar-refractivity contribution is 0.0508. The highest BCUT2D eigenvalue weighted by Gasteiger charge is 2.20. The van der Waals surface area contributed by atoms with Crippen molar-refractivity contribution in [3.8, 4) is 0 Å². The lowest BCUT2D eigenvalue weighted by atomic mass is 10.1. The zero-order valence-corrected chi connectivity index (χ0v) is 14.8. The van der Waals surface area contributed by atoms with Gasteiger partial charge in [0.05, 0.1) is 18.8 Å². The van der Waals surface area contributed by atoms with Gasteiger partial charge < -0.3 is 19.7 Å². The summed E-state index contributed by atoms with van der Waals surface area (Å²) < 4.78 is 10.9. The summed E-state index contributed by atoms with van der Waals surface area (Å²) in [6.07, 6.45) is -0.153. The van der Waals surface area contributed by atoms with Gasteiger partial charge >= 0.3 is 6.09 Å². The first kappa shape index (κ1) is 17.6. The molecule has 1 saturated heterocycles. The number of rotatable bonds is 3. The van der Waals surface area contributed by atoms with Gasteiger partial charge in [-0.3, -0.25) is 0 Å². The van der Waals surface area contributed by atoms with Crippen molar-refractivity contribution in [2.24, 2.45) is 0 Å². The van der Waals surface area contributed by atoms with E-state index in [9.17, 15) is 4.79 Å². The molecule has 2 rings (SSSR count). The normalized spacial score (nSPS) is 20.0.